The lowest BCUT2D eigenvalue weighted by molar-refractivity contribution is 0.121. The molecule has 2 aromatic heterocycles. The van der Waals surface area contributed by atoms with Crippen molar-refractivity contribution in [2.45, 2.75) is 6.54 Å². The molecular weight excluding hydrogens is 442 g/mol. The average Bonchev–Trinajstić information content (AvgIpc) is 3.48. The summed E-state index contributed by atoms with van der Waals surface area (Å²) in [4.78, 5) is 13.6. The number of carbonyl (C=O) groups excluding carboxylic acids is 1. The SMILES string of the molecule is CNC(=O)OCC1CN(c2ccc3c(c2)Cn2cc(-c4ccc(C#N)cc4)cc2-c2nncn2-3)C1. The molecule has 174 valence electrons. The second-order valence-corrected chi connectivity index (χ2v) is 8.89. The summed E-state index contributed by atoms with van der Waals surface area (Å²) < 4.78 is 9.44. The fourth-order valence-electron chi connectivity index (χ4n) is 4.78. The van der Waals surface area contributed by atoms with E-state index in [0.717, 1.165) is 47.1 Å². The highest BCUT2D eigenvalue weighted by molar-refractivity contribution is 5.72. The van der Waals surface area contributed by atoms with E-state index in [4.69, 9.17) is 10.00 Å². The van der Waals surface area contributed by atoms with E-state index in [-0.39, 0.29) is 6.09 Å². The van der Waals surface area contributed by atoms with Gasteiger partial charge in [0.05, 0.1) is 29.6 Å². The summed E-state index contributed by atoms with van der Waals surface area (Å²) in [5, 5.41) is 20.2. The molecule has 0 spiro atoms. The standard InChI is InChI=1S/C26H23N7O2/c1-28-26(34)35-15-18-11-31(12-18)22-6-7-23-21(8-22)14-32-13-20(19-4-2-17(10-27)3-5-19)9-24(32)25-30-29-16-33(23)25/h2-9,13,16,18H,11-12,14-15H2,1H3,(H,28,34). The van der Waals surface area contributed by atoms with Crippen molar-refractivity contribution < 1.29 is 9.53 Å². The quantitative estimate of drug-likeness (QED) is 0.436. The number of carbonyl (C=O) groups is 1. The molecule has 2 aromatic carbocycles. The van der Waals surface area contributed by atoms with E-state index in [1.165, 1.54) is 5.56 Å². The van der Waals surface area contributed by atoms with Crippen molar-refractivity contribution in [3.05, 3.63) is 72.2 Å². The van der Waals surface area contributed by atoms with Crippen molar-refractivity contribution in [2.24, 2.45) is 5.92 Å². The van der Waals surface area contributed by atoms with Gasteiger partial charge in [-0.05, 0) is 47.5 Å². The van der Waals surface area contributed by atoms with Gasteiger partial charge in [0.15, 0.2) is 5.82 Å². The third-order valence-corrected chi connectivity index (χ3v) is 6.66. The van der Waals surface area contributed by atoms with Crippen molar-refractivity contribution in [2.75, 3.05) is 31.6 Å². The third kappa shape index (κ3) is 3.69. The molecule has 4 aromatic rings. The fourth-order valence-corrected chi connectivity index (χ4v) is 4.78. The van der Waals surface area contributed by atoms with Gasteiger partial charge in [-0.15, -0.1) is 10.2 Å². The number of aromatic nitrogens is 4. The van der Waals surface area contributed by atoms with Crippen LogP contribution in [0.1, 0.15) is 11.1 Å². The van der Waals surface area contributed by atoms with E-state index in [0.29, 0.717) is 24.6 Å². The maximum absolute atomic E-state index is 11.3. The lowest BCUT2D eigenvalue weighted by atomic mass is 9.99. The Bertz CT molecular complexity index is 1460. The molecule has 6 rings (SSSR count). The van der Waals surface area contributed by atoms with Crippen LogP contribution in [-0.2, 0) is 11.3 Å². The molecule has 0 bridgehead atoms. The van der Waals surface area contributed by atoms with Crippen molar-refractivity contribution in [1.82, 2.24) is 24.6 Å². The van der Waals surface area contributed by atoms with Crippen LogP contribution in [0.5, 0.6) is 0 Å². The summed E-state index contributed by atoms with van der Waals surface area (Å²) in [6.07, 6.45) is 3.50. The van der Waals surface area contributed by atoms with Crippen molar-refractivity contribution >= 4 is 11.8 Å². The second kappa shape index (κ2) is 8.33. The Morgan fingerprint density at radius 1 is 1.17 bits per heavy atom. The Kier molecular flexibility index (Phi) is 4.99. The number of hydrogen-bond donors (Lipinski definition) is 1. The number of anilines is 1. The Balaban J connectivity index is 1.28. The predicted molar refractivity (Wildman–Crippen MR) is 130 cm³/mol. The molecule has 9 nitrogen and oxygen atoms in total. The molecule has 1 saturated heterocycles. The molecule has 0 aliphatic carbocycles. The summed E-state index contributed by atoms with van der Waals surface area (Å²) in [7, 11) is 1.57. The topological polar surface area (TPSA) is 101 Å². The van der Waals surface area contributed by atoms with Crippen molar-refractivity contribution in [1.29, 1.82) is 5.26 Å². The molecule has 0 saturated carbocycles. The van der Waals surface area contributed by atoms with Gasteiger partial charge < -0.3 is 19.5 Å². The molecule has 0 atom stereocenters. The van der Waals surface area contributed by atoms with Crippen LogP contribution in [0.3, 0.4) is 0 Å². The maximum atomic E-state index is 11.3. The average molecular weight is 466 g/mol. The van der Waals surface area contributed by atoms with E-state index in [2.05, 4.69) is 61.5 Å². The van der Waals surface area contributed by atoms with Crippen molar-refractivity contribution in [3.63, 3.8) is 0 Å². The van der Waals surface area contributed by atoms with Gasteiger partial charge >= 0.3 is 6.09 Å². The largest absolute Gasteiger partial charge is 0.449 e. The Labute approximate surface area is 202 Å². The number of benzene rings is 2. The molecule has 0 unspecified atom stereocenters. The first-order chi connectivity index (χ1) is 17.1. The van der Waals surface area contributed by atoms with Crippen molar-refractivity contribution in [3.8, 4) is 34.4 Å². The lowest BCUT2D eigenvalue weighted by Crippen LogP contribution is -2.49. The van der Waals surface area contributed by atoms with Gasteiger partial charge in [0.25, 0.3) is 0 Å². The minimum absolute atomic E-state index is 0.335. The molecule has 2 aliphatic heterocycles. The highest BCUT2D eigenvalue weighted by Crippen LogP contribution is 2.36. The van der Waals surface area contributed by atoms with Crippen LogP contribution in [0.2, 0.25) is 0 Å². The molecule has 0 radical (unpaired) electrons. The number of nitrogens with one attached hydrogen (secondary N) is 1. The second-order valence-electron chi connectivity index (χ2n) is 8.89. The Hall–Kier alpha value is -4.58. The highest BCUT2D eigenvalue weighted by Gasteiger charge is 2.29. The van der Waals surface area contributed by atoms with Gasteiger partial charge in [-0.3, -0.25) is 4.57 Å². The minimum Gasteiger partial charge on any atom is -0.449 e. The molecule has 1 N–H and O–H groups in total. The van der Waals surface area contributed by atoms with Crippen LogP contribution in [0.15, 0.2) is 61.1 Å². The predicted octanol–water partition coefficient (Wildman–Crippen LogP) is 3.43. The van der Waals surface area contributed by atoms with E-state index < -0.39 is 0 Å². The van der Waals surface area contributed by atoms with Gasteiger partial charge in [0.1, 0.15) is 6.33 Å². The van der Waals surface area contributed by atoms with E-state index in [9.17, 15) is 4.79 Å². The smallest absolute Gasteiger partial charge is 0.406 e. The molecule has 1 amide bonds. The first-order valence-electron chi connectivity index (χ1n) is 11.5. The first kappa shape index (κ1) is 21.0. The van der Waals surface area contributed by atoms with Crippen LogP contribution < -0.4 is 10.2 Å². The van der Waals surface area contributed by atoms with Crippen LogP contribution in [0.25, 0.3) is 28.3 Å². The zero-order valence-corrected chi connectivity index (χ0v) is 19.2. The molecule has 35 heavy (non-hydrogen) atoms. The van der Waals surface area contributed by atoms with Crippen LogP contribution in [0, 0.1) is 17.2 Å². The molecule has 4 heterocycles. The number of nitriles is 1. The molecular formula is C26H23N7O2. The first-order valence-corrected chi connectivity index (χ1v) is 11.5. The monoisotopic (exact) mass is 465 g/mol. The summed E-state index contributed by atoms with van der Waals surface area (Å²) in [6.45, 7) is 2.84. The summed E-state index contributed by atoms with van der Waals surface area (Å²) in [5.74, 6) is 1.13. The summed E-state index contributed by atoms with van der Waals surface area (Å²) >= 11 is 0. The Morgan fingerprint density at radius 2 is 2.00 bits per heavy atom. The number of ether oxygens (including phenoxy) is 1. The molecule has 2 aliphatic rings. The minimum atomic E-state index is -0.388. The van der Waals surface area contributed by atoms with E-state index in [1.54, 1.807) is 13.4 Å². The van der Waals surface area contributed by atoms with Gasteiger partial charge in [0, 0.05) is 50.0 Å². The van der Waals surface area contributed by atoms with Crippen LogP contribution in [0.4, 0.5) is 10.5 Å². The number of hydrogen-bond acceptors (Lipinski definition) is 6. The van der Waals surface area contributed by atoms with E-state index in [1.807, 2.05) is 28.8 Å². The van der Waals surface area contributed by atoms with Crippen LogP contribution in [-0.4, -0.2) is 52.2 Å². The zero-order chi connectivity index (χ0) is 23.9. The summed E-state index contributed by atoms with van der Waals surface area (Å²) in [6, 6.07) is 18.4. The van der Waals surface area contributed by atoms with E-state index >= 15 is 0 Å². The van der Waals surface area contributed by atoms with Gasteiger partial charge in [-0.25, -0.2) is 4.79 Å². The summed E-state index contributed by atoms with van der Waals surface area (Å²) in [5.41, 5.74) is 7.15. The number of nitrogens with zero attached hydrogens (tertiary/aromatic N) is 6. The fraction of sp³-hybridized carbons (Fsp3) is 0.231. The number of amides is 1. The highest BCUT2D eigenvalue weighted by atomic mass is 16.5. The molecule has 9 heteroatoms. The normalized spacial score (nSPS) is 14.1. The maximum Gasteiger partial charge on any atom is 0.406 e. The lowest BCUT2D eigenvalue weighted by Gasteiger charge is -2.41. The Morgan fingerprint density at radius 3 is 2.77 bits per heavy atom. The number of fused-ring (bicyclic) bond motifs is 5. The number of rotatable bonds is 4. The van der Waals surface area contributed by atoms with Crippen LogP contribution >= 0.6 is 0 Å². The molecule has 1 fully saturated rings. The zero-order valence-electron chi connectivity index (χ0n) is 19.2. The third-order valence-electron chi connectivity index (χ3n) is 6.66. The van der Waals surface area contributed by atoms with Gasteiger partial charge in [-0.1, -0.05) is 12.1 Å². The van der Waals surface area contributed by atoms with Gasteiger partial charge in [0.2, 0.25) is 0 Å². The number of alkyl carbamates (subject to hydrolysis) is 1. The van der Waals surface area contributed by atoms with Gasteiger partial charge in [-0.2, -0.15) is 5.26 Å².